The van der Waals surface area contributed by atoms with Crippen LogP contribution < -0.4 is 5.32 Å². The number of thiazole rings is 1. The van der Waals surface area contributed by atoms with Gasteiger partial charge in [-0.25, -0.2) is 22.7 Å². The third-order valence-electron chi connectivity index (χ3n) is 4.82. The maximum atomic E-state index is 12.8. The Morgan fingerprint density at radius 2 is 1.87 bits per heavy atom. The van der Waals surface area contributed by atoms with Crippen LogP contribution in [0.4, 0.5) is 0 Å². The molecule has 0 saturated heterocycles. The molecule has 8 nitrogen and oxygen atoms in total. The van der Waals surface area contributed by atoms with Crippen LogP contribution in [0.25, 0.3) is 22.6 Å². The van der Waals surface area contributed by atoms with Crippen molar-refractivity contribution in [1.29, 1.82) is 0 Å². The second-order valence-corrected chi connectivity index (χ2v) is 9.89. The SMILES string of the molecule is CN(C)S(=O)(=O)c1ccccc1CNC(=O)Cn1c(-c2cscn2)nc2ccccc21. The summed E-state index contributed by atoms with van der Waals surface area (Å²) in [6.07, 6.45) is 0. The first-order valence-corrected chi connectivity index (χ1v) is 11.9. The Kier molecular flexibility index (Phi) is 5.86. The highest BCUT2D eigenvalue weighted by atomic mass is 32.2. The number of nitrogens with one attached hydrogen (secondary N) is 1. The van der Waals surface area contributed by atoms with Gasteiger partial charge in [-0.05, 0) is 23.8 Å². The van der Waals surface area contributed by atoms with E-state index in [2.05, 4.69) is 15.3 Å². The third-order valence-corrected chi connectivity index (χ3v) is 7.33. The van der Waals surface area contributed by atoms with Gasteiger partial charge < -0.3 is 9.88 Å². The molecule has 4 aromatic rings. The third kappa shape index (κ3) is 4.22. The number of rotatable bonds is 7. The maximum Gasteiger partial charge on any atom is 0.242 e. The van der Waals surface area contributed by atoms with Crippen molar-refractivity contribution in [2.24, 2.45) is 0 Å². The predicted octanol–water partition coefficient (Wildman–Crippen LogP) is 2.73. The molecule has 4 rings (SSSR count). The van der Waals surface area contributed by atoms with Crippen molar-refractivity contribution < 1.29 is 13.2 Å². The molecule has 0 spiro atoms. The molecule has 0 aliphatic carbocycles. The number of amides is 1. The van der Waals surface area contributed by atoms with Crippen molar-refractivity contribution in [3.05, 3.63) is 65.0 Å². The number of fused-ring (bicyclic) bond motifs is 1. The number of imidazole rings is 1. The molecular formula is C21H21N5O3S2. The van der Waals surface area contributed by atoms with E-state index in [1.165, 1.54) is 25.4 Å². The van der Waals surface area contributed by atoms with Gasteiger partial charge in [0, 0.05) is 26.0 Å². The molecule has 31 heavy (non-hydrogen) atoms. The summed E-state index contributed by atoms with van der Waals surface area (Å²) in [5.74, 6) is 0.366. The summed E-state index contributed by atoms with van der Waals surface area (Å²) in [5, 5.41) is 4.72. The smallest absolute Gasteiger partial charge is 0.242 e. The van der Waals surface area contributed by atoms with E-state index < -0.39 is 10.0 Å². The Balaban J connectivity index is 1.58. The maximum absolute atomic E-state index is 12.8. The van der Waals surface area contributed by atoms with Gasteiger partial charge >= 0.3 is 0 Å². The fraction of sp³-hybridized carbons (Fsp3) is 0.190. The summed E-state index contributed by atoms with van der Waals surface area (Å²) in [6.45, 7) is 0.136. The first-order chi connectivity index (χ1) is 14.9. The van der Waals surface area contributed by atoms with Gasteiger partial charge in [0.05, 0.1) is 21.4 Å². The van der Waals surface area contributed by atoms with Gasteiger partial charge in [-0.3, -0.25) is 4.79 Å². The molecule has 0 bridgehead atoms. The van der Waals surface area contributed by atoms with E-state index in [1.807, 2.05) is 34.2 Å². The van der Waals surface area contributed by atoms with E-state index in [1.54, 1.807) is 29.8 Å². The Labute approximate surface area is 184 Å². The predicted molar refractivity (Wildman–Crippen MR) is 120 cm³/mol. The molecule has 1 amide bonds. The van der Waals surface area contributed by atoms with E-state index in [9.17, 15) is 13.2 Å². The molecule has 0 unspecified atom stereocenters. The number of hydrogen-bond donors (Lipinski definition) is 1. The number of aromatic nitrogens is 3. The fourth-order valence-corrected chi connectivity index (χ4v) is 4.89. The number of carbonyl (C=O) groups is 1. The molecule has 0 aliphatic heterocycles. The van der Waals surface area contributed by atoms with Crippen molar-refractivity contribution in [2.75, 3.05) is 14.1 Å². The molecule has 160 valence electrons. The first-order valence-electron chi connectivity index (χ1n) is 9.49. The second-order valence-electron chi connectivity index (χ2n) is 7.06. The van der Waals surface area contributed by atoms with Crippen molar-refractivity contribution in [2.45, 2.75) is 18.0 Å². The highest BCUT2D eigenvalue weighted by molar-refractivity contribution is 7.89. The summed E-state index contributed by atoms with van der Waals surface area (Å²) in [7, 11) is -0.649. The van der Waals surface area contributed by atoms with E-state index in [4.69, 9.17) is 0 Å². The van der Waals surface area contributed by atoms with E-state index in [0.717, 1.165) is 15.3 Å². The number of benzene rings is 2. The topological polar surface area (TPSA) is 97.2 Å². The van der Waals surface area contributed by atoms with Gasteiger partial charge in [0.25, 0.3) is 0 Å². The zero-order chi connectivity index (χ0) is 22.0. The fourth-order valence-electron chi connectivity index (χ4n) is 3.25. The molecule has 0 saturated carbocycles. The standard InChI is InChI=1S/C21H21N5O3S2/c1-25(2)31(28,29)19-10-6-3-7-15(19)11-22-20(27)12-26-18-9-5-4-8-16(18)24-21(26)17-13-30-14-23-17/h3-10,13-14H,11-12H2,1-2H3,(H,22,27). The van der Waals surface area contributed by atoms with Crippen molar-refractivity contribution in [3.63, 3.8) is 0 Å². The van der Waals surface area contributed by atoms with Crippen LogP contribution in [0.1, 0.15) is 5.56 Å². The van der Waals surface area contributed by atoms with Crippen LogP contribution in [-0.4, -0.2) is 47.3 Å². The zero-order valence-corrected chi connectivity index (χ0v) is 18.7. The molecule has 0 radical (unpaired) electrons. The number of para-hydroxylation sites is 2. The highest BCUT2D eigenvalue weighted by Crippen LogP contribution is 2.24. The molecule has 1 N–H and O–H groups in total. The van der Waals surface area contributed by atoms with Crippen molar-refractivity contribution in [3.8, 4) is 11.5 Å². The van der Waals surface area contributed by atoms with Crippen LogP contribution in [0.2, 0.25) is 0 Å². The Morgan fingerprint density at radius 3 is 2.61 bits per heavy atom. The molecule has 0 aliphatic rings. The van der Waals surface area contributed by atoms with Crippen molar-refractivity contribution >= 4 is 38.3 Å². The number of sulfonamides is 1. The number of nitrogens with zero attached hydrogens (tertiary/aromatic N) is 4. The lowest BCUT2D eigenvalue weighted by Gasteiger charge is -2.15. The normalized spacial score (nSPS) is 11.8. The molecule has 2 aromatic carbocycles. The molecular weight excluding hydrogens is 434 g/mol. The average molecular weight is 456 g/mol. The second kappa shape index (κ2) is 8.58. The van der Waals surface area contributed by atoms with Crippen LogP contribution in [0.5, 0.6) is 0 Å². The van der Waals surface area contributed by atoms with Gasteiger partial charge in [0.1, 0.15) is 12.2 Å². The van der Waals surface area contributed by atoms with Crippen LogP contribution in [0, 0.1) is 0 Å². The van der Waals surface area contributed by atoms with Gasteiger partial charge in [0.2, 0.25) is 15.9 Å². The van der Waals surface area contributed by atoms with Crippen LogP contribution in [0.3, 0.4) is 0 Å². The van der Waals surface area contributed by atoms with Crippen LogP contribution in [-0.2, 0) is 27.9 Å². The van der Waals surface area contributed by atoms with Gasteiger partial charge in [-0.15, -0.1) is 11.3 Å². The van der Waals surface area contributed by atoms with Gasteiger partial charge in [0.15, 0.2) is 5.82 Å². The summed E-state index contributed by atoms with van der Waals surface area (Å²) in [6, 6.07) is 14.2. The summed E-state index contributed by atoms with van der Waals surface area (Å²) in [4.78, 5) is 21.9. The minimum atomic E-state index is -3.61. The summed E-state index contributed by atoms with van der Waals surface area (Å²) >= 11 is 1.46. The van der Waals surface area contributed by atoms with E-state index in [-0.39, 0.29) is 23.9 Å². The first kappa shape index (κ1) is 21.2. The van der Waals surface area contributed by atoms with Crippen LogP contribution >= 0.6 is 11.3 Å². The Bertz CT molecular complexity index is 1330. The monoisotopic (exact) mass is 455 g/mol. The zero-order valence-electron chi connectivity index (χ0n) is 17.0. The largest absolute Gasteiger partial charge is 0.350 e. The quantitative estimate of drug-likeness (QED) is 0.462. The van der Waals surface area contributed by atoms with Gasteiger partial charge in [-0.2, -0.15) is 0 Å². The number of hydrogen-bond acceptors (Lipinski definition) is 6. The number of carbonyl (C=O) groups excluding carboxylic acids is 1. The molecule has 0 fully saturated rings. The summed E-state index contributed by atoms with van der Waals surface area (Å²) < 4.78 is 28.1. The Hall–Kier alpha value is -3.08. The van der Waals surface area contributed by atoms with Crippen molar-refractivity contribution in [1.82, 2.24) is 24.2 Å². The minimum Gasteiger partial charge on any atom is -0.350 e. The average Bonchev–Trinajstić information content (AvgIpc) is 3.41. The van der Waals surface area contributed by atoms with E-state index >= 15 is 0 Å². The minimum absolute atomic E-state index is 0.0377. The van der Waals surface area contributed by atoms with Gasteiger partial charge in [-0.1, -0.05) is 30.3 Å². The lowest BCUT2D eigenvalue weighted by Crippen LogP contribution is -2.29. The lowest BCUT2D eigenvalue weighted by molar-refractivity contribution is -0.121. The highest BCUT2D eigenvalue weighted by Gasteiger charge is 2.21. The molecule has 0 atom stereocenters. The van der Waals surface area contributed by atoms with E-state index in [0.29, 0.717) is 17.1 Å². The van der Waals surface area contributed by atoms with Crippen LogP contribution in [0.15, 0.2) is 64.3 Å². The molecule has 2 aromatic heterocycles. The molecule has 2 heterocycles. The lowest BCUT2D eigenvalue weighted by atomic mass is 10.2. The molecule has 10 heteroatoms. The Morgan fingerprint density at radius 1 is 1.13 bits per heavy atom. The summed E-state index contributed by atoms with van der Waals surface area (Å²) in [5.41, 5.74) is 4.56.